The Morgan fingerprint density at radius 2 is 2.21 bits per heavy atom. The zero-order valence-corrected chi connectivity index (χ0v) is 13.2. The number of piperazine rings is 1. The molecule has 4 nitrogen and oxygen atoms in total. The summed E-state index contributed by atoms with van der Waals surface area (Å²) in [5.41, 5.74) is 2.63. The summed E-state index contributed by atoms with van der Waals surface area (Å²) in [5, 5.41) is 8.24. The number of hydrogen-bond acceptors (Lipinski definition) is 3. The minimum absolute atomic E-state index is 0.202. The van der Waals surface area contributed by atoms with E-state index < -0.39 is 0 Å². The Bertz CT molecular complexity index is 437. The van der Waals surface area contributed by atoms with Gasteiger partial charge in [-0.25, -0.2) is 0 Å². The van der Waals surface area contributed by atoms with Crippen LogP contribution >= 0.6 is 0 Å². The Labute approximate surface area is 117 Å². The number of hydrogen-bond donors (Lipinski definition) is 1. The van der Waals surface area contributed by atoms with Crippen molar-refractivity contribution in [3.8, 4) is 0 Å². The lowest BCUT2D eigenvalue weighted by Gasteiger charge is -2.48. The third-order valence-corrected chi connectivity index (χ3v) is 4.50. The number of aryl methyl sites for hydroxylation is 2. The second kappa shape index (κ2) is 5.16. The Balaban J connectivity index is 2.33. The summed E-state index contributed by atoms with van der Waals surface area (Å²) in [4.78, 5) is 2.56. The average Bonchev–Trinajstić information content (AvgIpc) is 2.68. The summed E-state index contributed by atoms with van der Waals surface area (Å²) in [6, 6.07) is 0.544. The molecule has 108 valence electrons. The first-order valence-corrected chi connectivity index (χ1v) is 7.38. The van der Waals surface area contributed by atoms with Crippen molar-refractivity contribution >= 4 is 5.69 Å². The molecule has 0 bridgehead atoms. The highest BCUT2D eigenvalue weighted by molar-refractivity contribution is 5.51. The molecule has 2 unspecified atom stereocenters. The van der Waals surface area contributed by atoms with Crippen LogP contribution in [-0.2, 0) is 7.05 Å². The molecule has 0 aromatic carbocycles. The van der Waals surface area contributed by atoms with Crippen LogP contribution in [0.2, 0.25) is 0 Å². The quantitative estimate of drug-likeness (QED) is 0.909. The predicted octanol–water partition coefficient (Wildman–Crippen LogP) is 2.33. The fourth-order valence-corrected chi connectivity index (χ4v) is 2.98. The van der Waals surface area contributed by atoms with Gasteiger partial charge in [-0.2, -0.15) is 5.10 Å². The first-order valence-electron chi connectivity index (χ1n) is 7.38. The number of rotatable bonds is 3. The van der Waals surface area contributed by atoms with Crippen molar-refractivity contribution < 1.29 is 0 Å². The molecule has 0 saturated carbocycles. The van der Waals surface area contributed by atoms with Crippen LogP contribution < -0.4 is 10.2 Å². The predicted molar refractivity (Wildman–Crippen MR) is 80.6 cm³/mol. The molecule has 1 fully saturated rings. The maximum atomic E-state index is 4.51. The summed E-state index contributed by atoms with van der Waals surface area (Å²) in [6.45, 7) is 13.4. The SMILES string of the molecule is CCC1(C)CN(c2cn(C)nc2C)C(C(C)C)CN1. The van der Waals surface area contributed by atoms with Gasteiger partial charge in [0.2, 0.25) is 0 Å². The molecular formula is C15H28N4. The lowest BCUT2D eigenvalue weighted by atomic mass is 9.89. The smallest absolute Gasteiger partial charge is 0.0827 e. The fourth-order valence-electron chi connectivity index (χ4n) is 2.98. The number of nitrogens with one attached hydrogen (secondary N) is 1. The standard InChI is InChI=1S/C15H28N4/c1-7-15(5)10-19(13(8-16-15)11(2)3)14-9-18(6)17-12(14)4/h9,11,13,16H,7-8,10H2,1-6H3. The van der Waals surface area contributed by atoms with Gasteiger partial charge in [-0.15, -0.1) is 0 Å². The van der Waals surface area contributed by atoms with Crippen LogP contribution in [0.25, 0.3) is 0 Å². The highest BCUT2D eigenvalue weighted by atomic mass is 15.3. The highest BCUT2D eigenvalue weighted by Gasteiger charge is 2.36. The van der Waals surface area contributed by atoms with Gasteiger partial charge in [-0.1, -0.05) is 20.8 Å². The Kier molecular flexibility index (Phi) is 3.90. The van der Waals surface area contributed by atoms with E-state index in [0.717, 1.165) is 25.2 Å². The van der Waals surface area contributed by atoms with Crippen LogP contribution in [0.15, 0.2) is 6.20 Å². The van der Waals surface area contributed by atoms with Crippen molar-refractivity contribution in [1.82, 2.24) is 15.1 Å². The van der Waals surface area contributed by atoms with Gasteiger partial charge in [0.25, 0.3) is 0 Å². The van der Waals surface area contributed by atoms with E-state index in [1.165, 1.54) is 5.69 Å². The van der Waals surface area contributed by atoms with Crippen LogP contribution in [0, 0.1) is 12.8 Å². The maximum Gasteiger partial charge on any atom is 0.0827 e. The normalized spacial score (nSPS) is 28.2. The Morgan fingerprint density at radius 3 is 2.68 bits per heavy atom. The van der Waals surface area contributed by atoms with Crippen molar-refractivity contribution in [3.63, 3.8) is 0 Å². The second-order valence-corrected chi connectivity index (χ2v) is 6.51. The molecule has 1 aromatic rings. The molecule has 1 aliphatic rings. The van der Waals surface area contributed by atoms with E-state index in [0.29, 0.717) is 12.0 Å². The third-order valence-electron chi connectivity index (χ3n) is 4.50. The van der Waals surface area contributed by atoms with Gasteiger partial charge < -0.3 is 10.2 Å². The minimum Gasteiger partial charge on any atom is -0.362 e. The van der Waals surface area contributed by atoms with Crippen LogP contribution in [0.4, 0.5) is 5.69 Å². The highest BCUT2D eigenvalue weighted by Crippen LogP contribution is 2.29. The van der Waals surface area contributed by atoms with E-state index in [2.05, 4.69) is 56.1 Å². The van der Waals surface area contributed by atoms with E-state index in [9.17, 15) is 0 Å². The van der Waals surface area contributed by atoms with Gasteiger partial charge >= 0.3 is 0 Å². The van der Waals surface area contributed by atoms with Crippen LogP contribution in [-0.4, -0.2) is 34.5 Å². The van der Waals surface area contributed by atoms with E-state index >= 15 is 0 Å². The maximum absolute atomic E-state index is 4.51. The van der Waals surface area contributed by atoms with Crippen molar-refractivity contribution in [2.75, 3.05) is 18.0 Å². The van der Waals surface area contributed by atoms with Crippen molar-refractivity contribution in [2.24, 2.45) is 13.0 Å². The molecule has 0 aliphatic carbocycles. The van der Waals surface area contributed by atoms with Gasteiger partial charge in [0, 0.05) is 37.9 Å². The van der Waals surface area contributed by atoms with Crippen molar-refractivity contribution in [3.05, 3.63) is 11.9 Å². The van der Waals surface area contributed by atoms with E-state index in [1.54, 1.807) is 0 Å². The molecular weight excluding hydrogens is 236 g/mol. The molecule has 2 heterocycles. The lowest BCUT2D eigenvalue weighted by Crippen LogP contribution is -2.64. The summed E-state index contributed by atoms with van der Waals surface area (Å²) < 4.78 is 1.92. The molecule has 1 N–H and O–H groups in total. The molecule has 2 atom stereocenters. The minimum atomic E-state index is 0.202. The molecule has 0 amide bonds. The molecule has 0 radical (unpaired) electrons. The van der Waals surface area contributed by atoms with Crippen LogP contribution in [0.5, 0.6) is 0 Å². The van der Waals surface area contributed by atoms with Gasteiger partial charge in [-0.3, -0.25) is 4.68 Å². The number of anilines is 1. The Hall–Kier alpha value is -1.03. The summed E-state index contributed by atoms with van der Waals surface area (Å²) in [6.07, 6.45) is 3.31. The first-order chi connectivity index (χ1) is 8.86. The molecule has 19 heavy (non-hydrogen) atoms. The van der Waals surface area contributed by atoms with E-state index in [-0.39, 0.29) is 5.54 Å². The first kappa shape index (κ1) is 14.4. The van der Waals surface area contributed by atoms with Crippen LogP contribution in [0.1, 0.15) is 39.8 Å². The molecule has 4 heteroatoms. The topological polar surface area (TPSA) is 33.1 Å². The monoisotopic (exact) mass is 264 g/mol. The van der Waals surface area contributed by atoms with Gasteiger partial charge in [0.1, 0.15) is 0 Å². The summed E-state index contributed by atoms with van der Waals surface area (Å²) in [5.74, 6) is 0.633. The zero-order chi connectivity index (χ0) is 14.2. The van der Waals surface area contributed by atoms with E-state index in [1.807, 2.05) is 11.7 Å². The van der Waals surface area contributed by atoms with Gasteiger partial charge in [0.15, 0.2) is 0 Å². The van der Waals surface area contributed by atoms with Gasteiger partial charge in [-0.05, 0) is 26.2 Å². The van der Waals surface area contributed by atoms with Gasteiger partial charge in [0.05, 0.1) is 11.4 Å². The molecule has 0 spiro atoms. The van der Waals surface area contributed by atoms with Crippen LogP contribution in [0.3, 0.4) is 0 Å². The van der Waals surface area contributed by atoms with Crippen molar-refractivity contribution in [2.45, 2.75) is 52.6 Å². The van der Waals surface area contributed by atoms with E-state index in [4.69, 9.17) is 0 Å². The molecule has 2 rings (SSSR count). The second-order valence-electron chi connectivity index (χ2n) is 6.51. The summed E-state index contributed by atoms with van der Waals surface area (Å²) >= 11 is 0. The van der Waals surface area contributed by atoms with Crippen molar-refractivity contribution in [1.29, 1.82) is 0 Å². The Morgan fingerprint density at radius 1 is 1.53 bits per heavy atom. The molecule has 1 aliphatic heterocycles. The largest absolute Gasteiger partial charge is 0.362 e. The average molecular weight is 264 g/mol. The zero-order valence-electron chi connectivity index (χ0n) is 13.2. The lowest BCUT2D eigenvalue weighted by molar-refractivity contribution is 0.253. The fraction of sp³-hybridized carbons (Fsp3) is 0.800. The number of nitrogens with zero attached hydrogens (tertiary/aromatic N) is 3. The molecule has 1 aromatic heterocycles. The number of aromatic nitrogens is 2. The molecule has 1 saturated heterocycles. The summed E-state index contributed by atoms with van der Waals surface area (Å²) in [7, 11) is 2.00. The third kappa shape index (κ3) is 2.78.